The fourth-order valence-electron chi connectivity index (χ4n) is 2.31. The summed E-state index contributed by atoms with van der Waals surface area (Å²) in [5.41, 5.74) is 2.47. The summed E-state index contributed by atoms with van der Waals surface area (Å²) in [6.45, 7) is 0. The third-order valence-electron chi connectivity index (χ3n) is 3.69. The van der Waals surface area contributed by atoms with Crippen LogP contribution in [0, 0.1) is 5.82 Å². The van der Waals surface area contributed by atoms with Crippen LogP contribution in [0.2, 0.25) is 0 Å². The number of rotatable bonds is 5. The van der Waals surface area contributed by atoms with Crippen LogP contribution in [-0.4, -0.2) is 12.0 Å². The maximum Gasteiger partial charge on any atom is 0.185 e. The van der Waals surface area contributed by atoms with Crippen LogP contribution in [0.25, 0.3) is 6.08 Å². The topological polar surface area (TPSA) is 29.4 Å². The fourth-order valence-corrected chi connectivity index (χ4v) is 2.57. The zero-order valence-corrected chi connectivity index (χ0v) is 15.4. The van der Waals surface area contributed by atoms with Crippen molar-refractivity contribution in [3.63, 3.8) is 0 Å². The molecule has 0 atom stereocenters. The van der Waals surface area contributed by atoms with Crippen LogP contribution in [0.4, 0.5) is 10.1 Å². The molecule has 0 bridgehead atoms. The molecule has 0 saturated heterocycles. The van der Waals surface area contributed by atoms with E-state index in [9.17, 15) is 9.18 Å². The van der Waals surface area contributed by atoms with E-state index in [0.29, 0.717) is 16.8 Å². The van der Waals surface area contributed by atoms with Crippen LogP contribution in [0.5, 0.6) is 0 Å². The van der Waals surface area contributed by atoms with E-state index in [1.54, 1.807) is 48.5 Å². The van der Waals surface area contributed by atoms with Crippen molar-refractivity contribution in [2.24, 2.45) is 4.99 Å². The summed E-state index contributed by atoms with van der Waals surface area (Å²) >= 11 is 3.38. The Balaban J connectivity index is 1.75. The number of carbonyl (C=O) groups is 1. The van der Waals surface area contributed by atoms with E-state index in [1.165, 1.54) is 18.4 Å². The molecule has 0 fully saturated rings. The summed E-state index contributed by atoms with van der Waals surface area (Å²) in [4.78, 5) is 16.6. The fraction of sp³-hybridized carbons (Fsp3) is 0. The predicted molar refractivity (Wildman–Crippen MR) is 108 cm³/mol. The first-order chi connectivity index (χ1) is 12.6. The van der Waals surface area contributed by atoms with E-state index in [4.69, 9.17) is 0 Å². The minimum Gasteiger partial charge on any atom is -0.289 e. The van der Waals surface area contributed by atoms with Gasteiger partial charge in [-0.25, -0.2) is 4.39 Å². The average molecular weight is 408 g/mol. The first-order valence-electron chi connectivity index (χ1n) is 7.98. The monoisotopic (exact) mass is 407 g/mol. The van der Waals surface area contributed by atoms with Gasteiger partial charge in [0, 0.05) is 21.8 Å². The lowest BCUT2D eigenvalue weighted by Gasteiger charge is -1.99. The van der Waals surface area contributed by atoms with Gasteiger partial charge in [-0.05, 0) is 42.0 Å². The number of carbonyl (C=O) groups excluding carboxylic acids is 1. The largest absolute Gasteiger partial charge is 0.289 e. The Morgan fingerprint density at radius 3 is 2.50 bits per heavy atom. The van der Waals surface area contributed by atoms with Crippen molar-refractivity contribution < 1.29 is 9.18 Å². The van der Waals surface area contributed by atoms with Crippen molar-refractivity contribution in [3.8, 4) is 0 Å². The summed E-state index contributed by atoms with van der Waals surface area (Å²) in [7, 11) is 0. The summed E-state index contributed by atoms with van der Waals surface area (Å²) in [6.07, 6.45) is 4.75. The predicted octanol–water partition coefficient (Wildman–Crippen LogP) is 6.23. The molecule has 3 rings (SSSR count). The third-order valence-corrected chi connectivity index (χ3v) is 4.21. The molecule has 0 heterocycles. The molecule has 3 aromatic carbocycles. The van der Waals surface area contributed by atoms with Gasteiger partial charge in [0.25, 0.3) is 0 Å². The van der Waals surface area contributed by atoms with Gasteiger partial charge in [-0.3, -0.25) is 9.79 Å². The summed E-state index contributed by atoms with van der Waals surface area (Å²) in [5, 5.41) is 0. The second-order valence-corrected chi connectivity index (χ2v) is 6.49. The molecule has 0 unspecified atom stereocenters. The van der Waals surface area contributed by atoms with Crippen molar-refractivity contribution in [1.82, 2.24) is 0 Å². The lowest BCUT2D eigenvalue weighted by molar-refractivity contribution is 0.104. The van der Waals surface area contributed by atoms with Crippen LogP contribution in [-0.2, 0) is 0 Å². The smallest absolute Gasteiger partial charge is 0.185 e. The first kappa shape index (κ1) is 18.0. The molecule has 26 heavy (non-hydrogen) atoms. The van der Waals surface area contributed by atoms with Crippen LogP contribution in [0.3, 0.4) is 0 Å². The highest BCUT2D eigenvalue weighted by Gasteiger charge is 2.03. The van der Waals surface area contributed by atoms with Gasteiger partial charge in [-0.15, -0.1) is 0 Å². The molecule has 0 aromatic heterocycles. The van der Waals surface area contributed by atoms with E-state index in [-0.39, 0.29) is 11.6 Å². The van der Waals surface area contributed by atoms with Crippen LogP contribution in [0.1, 0.15) is 21.5 Å². The maximum atomic E-state index is 13.6. The zero-order chi connectivity index (χ0) is 18.4. The number of benzene rings is 3. The Labute approximate surface area is 159 Å². The van der Waals surface area contributed by atoms with Gasteiger partial charge >= 0.3 is 0 Å². The lowest BCUT2D eigenvalue weighted by Crippen LogP contribution is -1.93. The number of nitrogens with zero attached hydrogens (tertiary/aromatic N) is 1. The Hall–Kier alpha value is -2.85. The second-order valence-electron chi connectivity index (χ2n) is 5.58. The van der Waals surface area contributed by atoms with Crippen molar-refractivity contribution >= 4 is 39.7 Å². The standard InChI is InChI=1S/C22H15BrFNO/c23-19-11-8-16(9-12-19)10-13-22(26)17-5-3-6-20(14-17)25-15-18-4-1-2-7-21(18)24/h1-15H. The molecule has 3 aromatic rings. The number of halogens is 2. The normalized spacial score (nSPS) is 11.3. The molecule has 0 radical (unpaired) electrons. The molecule has 4 heteroatoms. The molecule has 0 aliphatic heterocycles. The van der Waals surface area contributed by atoms with Crippen molar-refractivity contribution in [1.29, 1.82) is 0 Å². The summed E-state index contributed by atoms with van der Waals surface area (Å²) in [6, 6.07) is 21.0. The van der Waals surface area contributed by atoms with Crippen LogP contribution < -0.4 is 0 Å². The van der Waals surface area contributed by atoms with Crippen LogP contribution in [0.15, 0.2) is 88.3 Å². The van der Waals surface area contributed by atoms with Gasteiger partial charge in [0.1, 0.15) is 5.82 Å². The minimum atomic E-state index is -0.332. The molecular formula is C22H15BrFNO. The highest BCUT2D eigenvalue weighted by Crippen LogP contribution is 2.17. The summed E-state index contributed by atoms with van der Waals surface area (Å²) in [5.74, 6) is -0.447. The molecule has 0 amide bonds. The molecule has 0 spiro atoms. The Kier molecular flexibility index (Phi) is 5.87. The van der Waals surface area contributed by atoms with Gasteiger partial charge in [0.05, 0.1) is 5.69 Å². The maximum absolute atomic E-state index is 13.6. The Morgan fingerprint density at radius 1 is 0.962 bits per heavy atom. The first-order valence-corrected chi connectivity index (χ1v) is 8.78. The molecule has 0 saturated carbocycles. The molecular weight excluding hydrogens is 393 g/mol. The molecule has 0 N–H and O–H groups in total. The average Bonchev–Trinajstić information content (AvgIpc) is 2.67. The number of hydrogen-bond acceptors (Lipinski definition) is 2. The van der Waals surface area contributed by atoms with Crippen molar-refractivity contribution in [2.75, 3.05) is 0 Å². The van der Waals surface area contributed by atoms with Gasteiger partial charge < -0.3 is 0 Å². The minimum absolute atomic E-state index is 0.115. The third kappa shape index (κ3) is 4.83. The SMILES string of the molecule is O=C(C=Cc1ccc(Br)cc1)c1cccc(N=Cc2ccccc2F)c1. The van der Waals surface area contributed by atoms with E-state index >= 15 is 0 Å². The van der Waals surface area contributed by atoms with Crippen molar-refractivity contribution in [2.45, 2.75) is 0 Å². The summed E-state index contributed by atoms with van der Waals surface area (Å²) < 4.78 is 14.6. The number of ketones is 1. The highest BCUT2D eigenvalue weighted by molar-refractivity contribution is 9.10. The lowest BCUT2D eigenvalue weighted by atomic mass is 10.1. The molecule has 2 nitrogen and oxygen atoms in total. The number of hydrogen-bond donors (Lipinski definition) is 0. The number of aliphatic imine (C=N–C) groups is 1. The second kappa shape index (κ2) is 8.50. The van der Waals surface area contributed by atoms with Gasteiger partial charge in [-0.1, -0.05) is 64.5 Å². The Morgan fingerprint density at radius 2 is 1.73 bits per heavy atom. The highest BCUT2D eigenvalue weighted by atomic mass is 79.9. The molecule has 128 valence electrons. The molecule has 0 aliphatic rings. The van der Waals surface area contributed by atoms with Gasteiger partial charge in [-0.2, -0.15) is 0 Å². The van der Waals surface area contributed by atoms with E-state index in [2.05, 4.69) is 20.9 Å². The van der Waals surface area contributed by atoms with E-state index < -0.39 is 0 Å². The Bertz CT molecular complexity index is 977. The van der Waals surface area contributed by atoms with Crippen molar-refractivity contribution in [3.05, 3.63) is 106 Å². The van der Waals surface area contributed by atoms with E-state index in [0.717, 1.165) is 10.0 Å². The van der Waals surface area contributed by atoms with Crippen LogP contribution >= 0.6 is 15.9 Å². The van der Waals surface area contributed by atoms with Gasteiger partial charge in [0.15, 0.2) is 5.78 Å². The quantitative estimate of drug-likeness (QED) is 0.279. The number of allylic oxidation sites excluding steroid dienone is 1. The van der Waals surface area contributed by atoms with E-state index in [1.807, 2.05) is 24.3 Å². The van der Waals surface area contributed by atoms with Gasteiger partial charge in [0.2, 0.25) is 0 Å². The molecule has 0 aliphatic carbocycles. The zero-order valence-electron chi connectivity index (χ0n) is 13.8.